The van der Waals surface area contributed by atoms with Gasteiger partial charge >= 0.3 is 0 Å². The molecule has 2 atom stereocenters. The van der Waals surface area contributed by atoms with E-state index in [0.29, 0.717) is 5.92 Å². The summed E-state index contributed by atoms with van der Waals surface area (Å²) >= 11 is 0. The first-order chi connectivity index (χ1) is 9.54. The number of aryl methyl sites for hydroxylation is 2. The van der Waals surface area contributed by atoms with Crippen LogP contribution in [0.5, 0.6) is 0 Å². The van der Waals surface area contributed by atoms with Crippen molar-refractivity contribution < 1.29 is 4.39 Å². The minimum Gasteiger partial charge on any atom is -0.312 e. The fourth-order valence-electron chi connectivity index (χ4n) is 3.01. The van der Waals surface area contributed by atoms with Crippen molar-refractivity contribution >= 4 is 0 Å². The molecular weight excluding hydrogens is 249 g/mol. The summed E-state index contributed by atoms with van der Waals surface area (Å²) < 4.78 is 13.5. The molecule has 2 rings (SSSR count). The smallest absolute Gasteiger partial charge is 0.123 e. The molecule has 0 saturated carbocycles. The van der Waals surface area contributed by atoms with E-state index in [2.05, 4.69) is 36.5 Å². The Bertz CT molecular complexity index is 554. The number of nitrogens with one attached hydrogen (secondary N) is 1. The third-order valence-electron chi connectivity index (χ3n) is 4.01. The van der Waals surface area contributed by atoms with Gasteiger partial charge in [0.05, 0.1) is 0 Å². The Balaban J connectivity index is 2.43. The van der Waals surface area contributed by atoms with Crippen LogP contribution in [-0.4, -0.2) is 7.05 Å². The van der Waals surface area contributed by atoms with Crippen LogP contribution in [0.15, 0.2) is 42.5 Å². The maximum absolute atomic E-state index is 13.5. The molecule has 20 heavy (non-hydrogen) atoms. The van der Waals surface area contributed by atoms with Gasteiger partial charge in [-0.25, -0.2) is 4.39 Å². The lowest BCUT2D eigenvalue weighted by atomic mass is 9.84. The topological polar surface area (TPSA) is 12.0 Å². The fraction of sp³-hybridized carbons (Fsp3) is 0.333. The molecule has 0 heterocycles. The highest BCUT2D eigenvalue weighted by Crippen LogP contribution is 2.34. The highest BCUT2D eigenvalue weighted by molar-refractivity contribution is 5.39. The second kappa shape index (κ2) is 6.19. The van der Waals surface area contributed by atoms with Crippen molar-refractivity contribution in [2.45, 2.75) is 32.7 Å². The highest BCUT2D eigenvalue weighted by atomic mass is 19.1. The summed E-state index contributed by atoms with van der Waals surface area (Å²) in [7, 11) is 1.96. The summed E-state index contributed by atoms with van der Waals surface area (Å²) in [5.41, 5.74) is 4.49. The summed E-state index contributed by atoms with van der Waals surface area (Å²) in [6.45, 7) is 6.17. The lowest BCUT2D eigenvalue weighted by molar-refractivity contribution is 0.501. The molecule has 2 aromatic rings. The van der Waals surface area contributed by atoms with Crippen LogP contribution in [0.2, 0.25) is 0 Å². The number of hydrogen-bond donors (Lipinski definition) is 1. The molecule has 2 aromatic carbocycles. The molecule has 0 amide bonds. The van der Waals surface area contributed by atoms with Crippen LogP contribution in [0.1, 0.15) is 41.1 Å². The van der Waals surface area contributed by atoms with Gasteiger partial charge in [0.2, 0.25) is 0 Å². The predicted octanol–water partition coefficient (Wildman–Crippen LogP) is 4.51. The molecule has 1 nitrogen and oxygen atoms in total. The van der Waals surface area contributed by atoms with Gasteiger partial charge in [0.25, 0.3) is 0 Å². The standard InChI is InChI=1S/C18H22FN/c1-12-10-16(19)11-13(2)17(12)18(20-4)14(3)15-8-6-5-7-9-15/h5-11,14,18,20H,1-4H3. The molecule has 0 aliphatic rings. The van der Waals surface area contributed by atoms with E-state index in [-0.39, 0.29) is 11.9 Å². The third-order valence-corrected chi connectivity index (χ3v) is 4.01. The van der Waals surface area contributed by atoms with Crippen LogP contribution in [0.4, 0.5) is 4.39 Å². The van der Waals surface area contributed by atoms with Crippen molar-refractivity contribution in [3.8, 4) is 0 Å². The van der Waals surface area contributed by atoms with Gasteiger partial charge in [-0.15, -0.1) is 0 Å². The van der Waals surface area contributed by atoms with Crippen LogP contribution < -0.4 is 5.32 Å². The van der Waals surface area contributed by atoms with Crippen molar-refractivity contribution in [3.05, 3.63) is 70.5 Å². The molecule has 0 aromatic heterocycles. The molecule has 0 radical (unpaired) electrons. The van der Waals surface area contributed by atoms with Gasteiger partial charge in [0.15, 0.2) is 0 Å². The summed E-state index contributed by atoms with van der Waals surface area (Å²) in [6.07, 6.45) is 0. The number of hydrogen-bond acceptors (Lipinski definition) is 1. The molecule has 0 saturated heterocycles. The van der Waals surface area contributed by atoms with Gasteiger partial charge in [-0.3, -0.25) is 0 Å². The zero-order valence-electron chi connectivity index (χ0n) is 12.6. The van der Waals surface area contributed by atoms with E-state index < -0.39 is 0 Å². The quantitative estimate of drug-likeness (QED) is 0.863. The molecule has 0 fully saturated rings. The van der Waals surface area contributed by atoms with E-state index in [9.17, 15) is 4.39 Å². The Hall–Kier alpha value is -1.67. The Labute approximate surface area is 120 Å². The second-order valence-corrected chi connectivity index (χ2v) is 5.42. The average Bonchev–Trinajstić information content (AvgIpc) is 2.43. The number of benzene rings is 2. The van der Waals surface area contributed by atoms with E-state index in [1.807, 2.05) is 27.0 Å². The zero-order valence-corrected chi connectivity index (χ0v) is 12.6. The maximum Gasteiger partial charge on any atom is 0.123 e. The van der Waals surface area contributed by atoms with Crippen LogP contribution in [-0.2, 0) is 0 Å². The number of likely N-dealkylation sites (N-methyl/N-ethyl adjacent to an activating group) is 1. The number of halogens is 1. The zero-order chi connectivity index (χ0) is 14.7. The largest absolute Gasteiger partial charge is 0.312 e. The maximum atomic E-state index is 13.5. The molecule has 0 aliphatic heterocycles. The fourth-order valence-corrected chi connectivity index (χ4v) is 3.01. The average molecular weight is 271 g/mol. The number of rotatable bonds is 4. The van der Waals surface area contributed by atoms with E-state index in [1.165, 1.54) is 11.1 Å². The van der Waals surface area contributed by atoms with Crippen LogP contribution in [0.3, 0.4) is 0 Å². The minimum absolute atomic E-state index is 0.161. The Morgan fingerprint density at radius 1 is 1.00 bits per heavy atom. The van der Waals surface area contributed by atoms with Crippen LogP contribution in [0, 0.1) is 19.7 Å². The molecule has 0 bridgehead atoms. The van der Waals surface area contributed by atoms with Crippen LogP contribution >= 0.6 is 0 Å². The predicted molar refractivity (Wildman–Crippen MR) is 82.5 cm³/mol. The summed E-state index contributed by atoms with van der Waals surface area (Å²) in [5.74, 6) is 0.162. The van der Waals surface area contributed by atoms with E-state index in [0.717, 1.165) is 11.1 Å². The molecule has 2 unspecified atom stereocenters. The van der Waals surface area contributed by atoms with E-state index in [4.69, 9.17) is 0 Å². The van der Waals surface area contributed by atoms with Crippen molar-refractivity contribution in [2.75, 3.05) is 7.05 Å². The molecule has 0 aliphatic carbocycles. The van der Waals surface area contributed by atoms with Gasteiger partial charge in [0, 0.05) is 12.0 Å². The molecule has 106 valence electrons. The Morgan fingerprint density at radius 3 is 2.05 bits per heavy atom. The third kappa shape index (κ3) is 2.91. The molecule has 1 N–H and O–H groups in total. The van der Waals surface area contributed by atoms with Crippen LogP contribution in [0.25, 0.3) is 0 Å². The first-order valence-electron chi connectivity index (χ1n) is 7.03. The summed E-state index contributed by atoms with van der Waals surface area (Å²) in [6, 6.07) is 13.8. The van der Waals surface area contributed by atoms with Gasteiger partial charge in [-0.1, -0.05) is 37.3 Å². The summed E-state index contributed by atoms with van der Waals surface area (Å²) in [5, 5.41) is 3.40. The van der Waals surface area contributed by atoms with Gasteiger partial charge in [-0.2, -0.15) is 0 Å². The first-order valence-corrected chi connectivity index (χ1v) is 7.03. The van der Waals surface area contributed by atoms with E-state index >= 15 is 0 Å². The van der Waals surface area contributed by atoms with Crippen molar-refractivity contribution in [2.24, 2.45) is 0 Å². The monoisotopic (exact) mass is 271 g/mol. The minimum atomic E-state index is -0.161. The van der Waals surface area contributed by atoms with Crippen molar-refractivity contribution in [1.29, 1.82) is 0 Å². The molecule has 0 spiro atoms. The highest BCUT2D eigenvalue weighted by Gasteiger charge is 2.22. The van der Waals surface area contributed by atoms with Gasteiger partial charge < -0.3 is 5.32 Å². The Morgan fingerprint density at radius 2 is 1.55 bits per heavy atom. The normalized spacial score (nSPS) is 14.1. The second-order valence-electron chi connectivity index (χ2n) is 5.42. The summed E-state index contributed by atoms with van der Waals surface area (Å²) in [4.78, 5) is 0. The van der Waals surface area contributed by atoms with Gasteiger partial charge in [0.1, 0.15) is 5.82 Å². The lowest BCUT2D eigenvalue weighted by Crippen LogP contribution is -2.24. The van der Waals surface area contributed by atoms with Crippen molar-refractivity contribution in [1.82, 2.24) is 5.32 Å². The van der Waals surface area contributed by atoms with Crippen molar-refractivity contribution in [3.63, 3.8) is 0 Å². The Kier molecular flexibility index (Phi) is 4.56. The van der Waals surface area contributed by atoms with Gasteiger partial charge in [-0.05, 0) is 55.3 Å². The lowest BCUT2D eigenvalue weighted by Gasteiger charge is -2.27. The SMILES string of the molecule is CNC(c1c(C)cc(F)cc1C)C(C)c1ccccc1. The first kappa shape index (κ1) is 14.7. The molecule has 2 heteroatoms. The van der Waals surface area contributed by atoms with E-state index in [1.54, 1.807) is 12.1 Å². The molecular formula is C18H22FN.